The van der Waals surface area contributed by atoms with E-state index in [1.807, 2.05) is 26.0 Å². The monoisotopic (exact) mass is 362 g/mol. The van der Waals surface area contributed by atoms with E-state index in [4.69, 9.17) is 4.74 Å². The van der Waals surface area contributed by atoms with Crippen LogP contribution in [0.4, 0.5) is 5.13 Å². The second-order valence-corrected chi connectivity index (χ2v) is 6.43. The summed E-state index contributed by atoms with van der Waals surface area (Å²) < 4.78 is 5.26. The maximum Gasteiger partial charge on any atom is 0.251 e. The summed E-state index contributed by atoms with van der Waals surface area (Å²) in [7, 11) is 0. The highest BCUT2D eigenvalue weighted by atomic mass is 32.1. The Bertz CT molecular complexity index is 717. The van der Waals surface area contributed by atoms with Crippen molar-refractivity contribution in [2.24, 2.45) is 0 Å². The molecule has 1 aromatic heterocycles. The number of aromatic nitrogens is 2. The van der Waals surface area contributed by atoms with Crippen molar-refractivity contribution < 1.29 is 14.3 Å². The van der Waals surface area contributed by atoms with Crippen molar-refractivity contribution in [1.82, 2.24) is 15.5 Å². The van der Waals surface area contributed by atoms with Gasteiger partial charge in [-0.2, -0.15) is 0 Å². The van der Waals surface area contributed by atoms with Gasteiger partial charge in [0.25, 0.3) is 5.91 Å². The number of nitrogens with one attached hydrogen (secondary N) is 2. The fourth-order valence-electron chi connectivity index (χ4n) is 2.07. The summed E-state index contributed by atoms with van der Waals surface area (Å²) in [5, 5.41) is 14.6. The summed E-state index contributed by atoms with van der Waals surface area (Å²) in [5.41, 5.74) is 1.60. The molecule has 0 bridgehead atoms. The Labute approximate surface area is 150 Å². The summed E-state index contributed by atoms with van der Waals surface area (Å²) in [6.07, 6.45) is 0.847. The highest BCUT2D eigenvalue weighted by molar-refractivity contribution is 7.15. The molecule has 134 valence electrons. The molecule has 0 fully saturated rings. The molecule has 2 amide bonds. The number of ether oxygens (including phenoxy) is 1. The van der Waals surface area contributed by atoms with Gasteiger partial charge in [-0.05, 0) is 26.0 Å². The maximum absolute atomic E-state index is 12.0. The number of hydrogen-bond acceptors (Lipinski definition) is 6. The fourth-order valence-corrected chi connectivity index (χ4v) is 2.81. The lowest BCUT2D eigenvalue weighted by molar-refractivity contribution is -0.116. The molecule has 2 rings (SSSR count). The minimum absolute atomic E-state index is 0.172. The average molecular weight is 362 g/mol. The number of carbonyl (C=O) groups excluding carboxylic acids is 2. The van der Waals surface area contributed by atoms with Crippen molar-refractivity contribution in [3.8, 4) is 0 Å². The molecular formula is C17H22N4O3S. The van der Waals surface area contributed by atoms with E-state index in [0.717, 1.165) is 10.6 Å². The third-order valence-corrected chi connectivity index (χ3v) is 4.19. The molecule has 8 heteroatoms. The summed E-state index contributed by atoms with van der Waals surface area (Å²) in [6.45, 7) is 5.37. The molecule has 0 aliphatic rings. The van der Waals surface area contributed by atoms with Crippen LogP contribution in [0.15, 0.2) is 24.3 Å². The Hall–Kier alpha value is -2.32. The molecule has 0 saturated heterocycles. The van der Waals surface area contributed by atoms with Gasteiger partial charge in [0.2, 0.25) is 11.0 Å². The number of aryl methyl sites for hydroxylation is 1. The van der Waals surface area contributed by atoms with Crippen molar-refractivity contribution in [1.29, 1.82) is 0 Å². The number of anilines is 1. The summed E-state index contributed by atoms with van der Waals surface area (Å²) in [4.78, 5) is 23.9. The van der Waals surface area contributed by atoms with Crippen LogP contribution in [0.3, 0.4) is 0 Å². The minimum atomic E-state index is -0.211. The molecule has 25 heavy (non-hydrogen) atoms. The lowest BCUT2D eigenvalue weighted by Gasteiger charge is -2.05. The standard InChI is InChI=1S/C17H22N4O3S/c1-3-24-10-8-15-20-21-17(25-15)19-14(22)7-9-18-16(23)13-6-4-5-12(2)11-13/h4-6,11H,3,7-10H2,1-2H3,(H,18,23)(H,19,21,22). The lowest BCUT2D eigenvalue weighted by atomic mass is 10.1. The molecule has 0 radical (unpaired) electrons. The number of benzene rings is 1. The average Bonchev–Trinajstić information content (AvgIpc) is 3.02. The first kappa shape index (κ1) is 19.0. The number of nitrogens with zero attached hydrogens (tertiary/aromatic N) is 2. The zero-order valence-electron chi connectivity index (χ0n) is 14.4. The van der Waals surface area contributed by atoms with Crippen LogP contribution in [0.25, 0.3) is 0 Å². The van der Waals surface area contributed by atoms with Gasteiger partial charge >= 0.3 is 0 Å². The lowest BCUT2D eigenvalue weighted by Crippen LogP contribution is -2.27. The Morgan fingerprint density at radius 2 is 2.12 bits per heavy atom. The Kier molecular flexibility index (Phi) is 7.49. The number of carbonyl (C=O) groups is 2. The van der Waals surface area contributed by atoms with E-state index in [1.54, 1.807) is 12.1 Å². The largest absolute Gasteiger partial charge is 0.381 e. The van der Waals surface area contributed by atoms with E-state index in [0.29, 0.717) is 30.3 Å². The van der Waals surface area contributed by atoms with E-state index in [-0.39, 0.29) is 24.8 Å². The fraction of sp³-hybridized carbons (Fsp3) is 0.412. The van der Waals surface area contributed by atoms with Crippen molar-refractivity contribution >= 4 is 28.3 Å². The molecule has 0 spiro atoms. The molecule has 2 N–H and O–H groups in total. The SMILES string of the molecule is CCOCCc1nnc(NC(=O)CCNC(=O)c2cccc(C)c2)s1. The highest BCUT2D eigenvalue weighted by Crippen LogP contribution is 2.15. The van der Waals surface area contributed by atoms with Gasteiger partial charge < -0.3 is 15.4 Å². The van der Waals surface area contributed by atoms with Gasteiger partial charge in [0, 0.05) is 31.6 Å². The minimum Gasteiger partial charge on any atom is -0.381 e. The molecule has 0 unspecified atom stereocenters. The van der Waals surface area contributed by atoms with Crippen LogP contribution < -0.4 is 10.6 Å². The number of amides is 2. The molecule has 1 heterocycles. The Morgan fingerprint density at radius 3 is 2.88 bits per heavy atom. The number of hydrogen-bond donors (Lipinski definition) is 2. The van der Waals surface area contributed by atoms with Gasteiger partial charge in [-0.25, -0.2) is 0 Å². The third kappa shape index (κ3) is 6.60. The summed E-state index contributed by atoms with van der Waals surface area (Å²) in [6, 6.07) is 7.30. The van der Waals surface area contributed by atoms with E-state index in [9.17, 15) is 9.59 Å². The molecule has 2 aromatic rings. The van der Waals surface area contributed by atoms with E-state index >= 15 is 0 Å². The van der Waals surface area contributed by atoms with Gasteiger partial charge in [-0.15, -0.1) is 10.2 Å². The van der Waals surface area contributed by atoms with Crippen LogP contribution in [0.5, 0.6) is 0 Å². The zero-order valence-corrected chi connectivity index (χ0v) is 15.2. The van der Waals surface area contributed by atoms with Gasteiger partial charge in [-0.1, -0.05) is 29.0 Å². The quantitative estimate of drug-likeness (QED) is 0.667. The third-order valence-electron chi connectivity index (χ3n) is 3.30. The van der Waals surface area contributed by atoms with E-state index in [2.05, 4.69) is 20.8 Å². The van der Waals surface area contributed by atoms with Gasteiger partial charge in [0.05, 0.1) is 6.61 Å². The van der Waals surface area contributed by atoms with Crippen LogP contribution in [0.1, 0.15) is 34.3 Å². The highest BCUT2D eigenvalue weighted by Gasteiger charge is 2.10. The van der Waals surface area contributed by atoms with Crippen molar-refractivity contribution in [3.05, 3.63) is 40.4 Å². The molecule has 0 aliphatic carbocycles. The first-order valence-electron chi connectivity index (χ1n) is 8.13. The van der Waals surface area contributed by atoms with E-state index in [1.165, 1.54) is 11.3 Å². The van der Waals surface area contributed by atoms with Gasteiger partial charge in [-0.3, -0.25) is 9.59 Å². The summed E-state index contributed by atoms with van der Waals surface area (Å²) in [5.74, 6) is -0.400. The Morgan fingerprint density at radius 1 is 1.28 bits per heavy atom. The molecule has 1 aromatic carbocycles. The Balaban J connectivity index is 1.71. The van der Waals surface area contributed by atoms with Crippen LogP contribution in [0, 0.1) is 6.92 Å². The van der Waals surface area contributed by atoms with Crippen molar-refractivity contribution in [2.75, 3.05) is 25.1 Å². The smallest absolute Gasteiger partial charge is 0.251 e. The molecule has 0 aliphatic heterocycles. The molecular weight excluding hydrogens is 340 g/mol. The molecule has 0 atom stereocenters. The van der Waals surface area contributed by atoms with Crippen LogP contribution >= 0.6 is 11.3 Å². The van der Waals surface area contributed by atoms with E-state index < -0.39 is 0 Å². The first-order chi connectivity index (χ1) is 12.1. The normalized spacial score (nSPS) is 10.5. The second-order valence-electron chi connectivity index (χ2n) is 5.37. The van der Waals surface area contributed by atoms with Crippen LogP contribution in [-0.4, -0.2) is 41.8 Å². The number of rotatable bonds is 9. The molecule has 7 nitrogen and oxygen atoms in total. The van der Waals surface area contributed by atoms with Gasteiger partial charge in [0.1, 0.15) is 5.01 Å². The van der Waals surface area contributed by atoms with Crippen molar-refractivity contribution in [3.63, 3.8) is 0 Å². The molecule has 0 saturated carbocycles. The predicted molar refractivity (Wildman–Crippen MR) is 96.9 cm³/mol. The van der Waals surface area contributed by atoms with Gasteiger partial charge in [0.15, 0.2) is 0 Å². The zero-order chi connectivity index (χ0) is 18.1. The van der Waals surface area contributed by atoms with Crippen molar-refractivity contribution in [2.45, 2.75) is 26.7 Å². The second kappa shape index (κ2) is 9.85. The van der Waals surface area contributed by atoms with Crippen LogP contribution in [-0.2, 0) is 16.0 Å². The topological polar surface area (TPSA) is 93.2 Å². The van der Waals surface area contributed by atoms with Crippen LogP contribution in [0.2, 0.25) is 0 Å². The predicted octanol–water partition coefficient (Wildman–Crippen LogP) is 2.18. The maximum atomic E-state index is 12.0. The summed E-state index contributed by atoms with van der Waals surface area (Å²) >= 11 is 1.33. The first-order valence-corrected chi connectivity index (χ1v) is 8.95.